The summed E-state index contributed by atoms with van der Waals surface area (Å²) in [5.74, 6) is 1.28. The molecule has 144 valence electrons. The molecule has 0 unspecified atom stereocenters. The Balaban J connectivity index is 1.76. The summed E-state index contributed by atoms with van der Waals surface area (Å²) in [5.41, 5.74) is 1.08. The van der Waals surface area contributed by atoms with Gasteiger partial charge in [-0.05, 0) is 59.7 Å². The molecule has 0 aliphatic carbocycles. The van der Waals surface area contributed by atoms with Crippen molar-refractivity contribution in [2.45, 2.75) is 13.2 Å². The molecule has 0 spiro atoms. The lowest BCUT2D eigenvalue weighted by molar-refractivity contribution is 0.0730. The number of rotatable bonds is 7. The van der Waals surface area contributed by atoms with Crippen LogP contribution in [-0.4, -0.2) is 23.3 Å². The quantitative estimate of drug-likeness (QED) is 0.480. The van der Waals surface area contributed by atoms with Crippen molar-refractivity contribution in [3.63, 3.8) is 0 Å². The van der Waals surface area contributed by atoms with E-state index < -0.39 is 5.97 Å². The van der Waals surface area contributed by atoms with Gasteiger partial charge in [-0.3, -0.25) is 0 Å². The van der Waals surface area contributed by atoms with Crippen molar-refractivity contribution in [1.29, 1.82) is 0 Å². The summed E-state index contributed by atoms with van der Waals surface area (Å²) in [5, 5.41) is 18.8. The van der Waals surface area contributed by atoms with E-state index in [9.17, 15) is 15.0 Å². The Morgan fingerprint density at radius 1 is 0.821 bits per heavy atom. The standard InChI is InChI=1S/C22H20O6/c1-26-21-12-16(14-24)15(13-23)11-20(21)22(25)28-19-9-7-18(8-10-19)27-17-5-3-2-4-6-17/h2-12,23-24H,13-14H2,1H3. The van der Waals surface area contributed by atoms with Crippen LogP contribution in [0, 0.1) is 0 Å². The molecule has 0 saturated heterocycles. The zero-order valence-electron chi connectivity index (χ0n) is 15.3. The van der Waals surface area contributed by atoms with Crippen molar-refractivity contribution in [2.24, 2.45) is 0 Å². The van der Waals surface area contributed by atoms with Crippen LogP contribution in [-0.2, 0) is 13.2 Å². The van der Waals surface area contributed by atoms with E-state index in [4.69, 9.17) is 14.2 Å². The third-order valence-corrected chi connectivity index (χ3v) is 4.10. The third-order valence-electron chi connectivity index (χ3n) is 4.10. The molecule has 6 nitrogen and oxygen atoms in total. The molecule has 0 aliphatic heterocycles. The highest BCUT2D eigenvalue weighted by Gasteiger charge is 2.18. The molecular weight excluding hydrogens is 360 g/mol. The summed E-state index contributed by atoms with van der Waals surface area (Å²) < 4.78 is 16.3. The van der Waals surface area contributed by atoms with Crippen LogP contribution < -0.4 is 14.2 Å². The Morgan fingerprint density at radius 3 is 2.00 bits per heavy atom. The van der Waals surface area contributed by atoms with Gasteiger partial charge in [-0.15, -0.1) is 0 Å². The predicted octanol–water partition coefficient (Wildman–Crippen LogP) is 3.69. The second-order valence-electron chi connectivity index (χ2n) is 5.91. The van der Waals surface area contributed by atoms with E-state index >= 15 is 0 Å². The first-order valence-corrected chi connectivity index (χ1v) is 8.61. The summed E-state index contributed by atoms with van der Waals surface area (Å²) in [4.78, 5) is 12.6. The molecule has 0 saturated carbocycles. The number of hydrogen-bond donors (Lipinski definition) is 2. The largest absolute Gasteiger partial charge is 0.496 e. The smallest absolute Gasteiger partial charge is 0.347 e. The van der Waals surface area contributed by atoms with E-state index in [1.54, 1.807) is 24.3 Å². The average molecular weight is 380 g/mol. The van der Waals surface area contributed by atoms with Crippen LogP contribution in [0.4, 0.5) is 0 Å². The van der Waals surface area contributed by atoms with Crippen LogP contribution in [0.15, 0.2) is 66.7 Å². The molecule has 0 aliphatic rings. The SMILES string of the molecule is COc1cc(CO)c(CO)cc1C(=O)Oc1ccc(Oc2ccccc2)cc1. The van der Waals surface area contributed by atoms with Crippen molar-refractivity contribution in [1.82, 2.24) is 0 Å². The number of methoxy groups -OCH3 is 1. The summed E-state index contributed by atoms with van der Waals surface area (Å²) in [6.45, 7) is -0.587. The summed E-state index contributed by atoms with van der Waals surface area (Å²) in [6.07, 6.45) is 0. The maximum absolute atomic E-state index is 12.6. The molecule has 3 aromatic carbocycles. The van der Waals surface area contributed by atoms with Gasteiger partial charge in [0.25, 0.3) is 0 Å². The third kappa shape index (κ3) is 4.49. The van der Waals surface area contributed by atoms with Gasteiger partial charge in [0.2, 0.25) is 0 Å². The summed E-state index contributed by atoms with van der Waals surface area (Å²) in [6, 6.07) is 18.9. The van der Waals surface area contributed by atoms with Gasteiger partial charge >= 0.3 is 5.97 Å². The fourth-order valence-corrected chi connectivity index (χ4v) is 2.65. The van der Waals surface area contributed by atoms with Gasteiger partial charge in [-0.2, -0.15) is 0 Å². The van der Waals surface area contributed by atoms with Gasteiger partial charge in [-0.1, -0.05) is 18.2 Å². The number of aliphatic hydroxyl groups is 2. The Morgan fingerprint density at radius 2 is 1.39 bits per heavy atom. The molecule has 28 heavy (non-hydrogen) atoms. The van der Waals surface area contributed by atoms with Crippen molar-refractivity contribution in [3.05, 3.63) is 83.4 Å². The number of ether oxygens (including phenoxy) is 3. The van der Waals surface area contributed by atoms with Crippen LogP contribution in [0.3, 0.4) is 0 Å². The van der Waals surface area contributed by atoms with Crippen molar-refractivity contribution in [3.8, 4) is 23.0 Å². The number of carbonyl (C=O) groups is 1. The minimum atomic E-state index is -0.632. The van der Waals surface area contributed by atoms with Crippen LogP contribution >= 0.6 is 0 Å². The van der Waals surface area contributed by atoms with E-state index in [0.717, 1.165) is 0 Å². The number of hydrogen-bond acceptors (Lipinski definition) is 6. The molecule has 6 heteroatoms. The normalized spacial score (nSPS) is 10.4. The Bertz CT molecular complexity index is 935. The van der Waals surface area contributed by atoms with Crippen molar-refractivity contribution >= 4 is 5.97 Å². The van der Waals surface area contributed by atoms with Gasteiger partial charge < -0.3 is 24.4 Å². The first-order chi connectivity index (χ1) is 13.6. The number of aliphatic hydroxyl groups excluding tert-OH is 2. The van der Waals surface area contributed by atoms with E-state index in [2.05, 4.69) is 0 Å². The zero-order valence-corrected chi connectivity index (χ0v) is 15.3. The van der Waals surface area contributed by atoms with Gasteiger partial charge in [0.1, 0.15) is 28.6 Å². The molecule has 0 aromatic heterocycles. The van der Waals surface area contributed by atoms with Crippen molar-refractivity contribution < 1.29 is 29.2 Å². The molecular formula is C22H20O6. The lowest BCUT2D eigenvalue weighted by Gasteiger charge is -2.13. The predicted molar refractivity (Wildman–Crippen MR) is 103 cm³/mol. The average Bonchev–Trinajstić information content (AvgIpc) is 2.74. The molecule has 3 aromatic rings. The van der Waals surface area contributed by atoms with Crippen LogP contribution in [0.5, 0.6) is 23.0 Å². The molecule has 0 radical (unpaired) electrons. The van der Waals surface area contributed by atoms with Gasteiger partial charge in [0.05, 0.1) is 20.3 Å². The van der Waals surface area contributed by atoms with Gasteiger partial charge in [0.15, 0.2) is 0 Å². The molecule has 0 amide bonds. The first-order valence-electron chi connectivity index (χ1n) is 8.61. The van der Waals surface area contributed by atoms with E-state index in [0.29, 0.717) is 28.4 Å². The van der Waals surface area contributed by atoms with E-state index in [1.165, 1.54) is 19.2 Å². The van der Waals surface area contributed by atoms with E-state index in [1.807, 2.05) is 30.3 Å². The van der Waals surface area contributed by atoms with Crippen LogP contribution in [0.1, 0.15) is 21.5 Å². The number of carbonyl (C=O) groups excluding carboxylic acids is 1. The monoisotopic (exact) mass is 380 g/mol. The fourth-order valence-electron chi connectivity index (χ4n) is 2.65. The highest BCUT2D eigenvalue weighted by atomic mass is 16.5. The highest BCUT2D eigenvalue weighted by molar-refractivity contribution is 5.94. The Labute approximate surface area is 162 Å². The minimum absolute atomic E-state index is 0.161. The Hall–Kier alpha value is -3.35. The van der Waals surface area contributed by atoms with Gasteiger partial charge in [0, 0.05) is 0 Å². The maximum atomic E-state index is 12.6. The lowest BCUT2D eigenvalue weighted by Crippen LogP contribution is -2.12. The number of para-hydroxylation sites is 1. The topological polar surface area (TPSA) is 85.2 Å². The molecule has 0 bridgehead atoms. The fraction of sp³-hybridized carbons (Fsp3) is 0.136. The van der Waals surface area contributed by atoms with Gasteiger partial charge in [-0.25, -0.2) is 4.79 Å². The second kappa shape index (κ2) is 9.03. The molecule has 0 atom stereocenters. The highest BCUT2D eigenvalue weighted by Crippen LogP contribution is 2.27. The second-order valence-corrected chi connectivity index (χ2v) is 5.91. The molecule has 3 rings (SSSR count). The zero-order chi connectivity index (χ0) is 19.9. The minimum Gasteiger partial charge on any atom is -0.496 e. The van der Waals surface area contributed by atoms with Crippen LogP contribution in [0.25, 0.3) is 0 Å². The van der Waals surface area contributed by atoms with Crippen molar-refractivity contribution in [2.75, 3.05) is 7.11 Å². The molecule has 2 N–H and O–H groups in total. The first kappa shape index (κ1) is 19.4. The Kier molecular flexibility index (Phi) is 6.26. The number of esters is 1. The molecule has 0 heterocycles. The lowest BCUT2D eigenvalue weighted by atomic mass is 10.0. The maximum Gasteiger partial charge on any atom is 0.347 e. The molecule has 0 fully saturated rings. The van der Waals surface area contributed by atoms with E-state index in [-0.39, 0.29) is 24.5 Å². The number of benzene rings is 3. The summed E-state index contributed by atoms with van der Waals surface area (Å²) >= 11 is 0. The van der Waals surface area contributed by atoms with Crippen LogP contribution in [0.2, 0.25) is 0 Å². The summed E-state index contributed by atoms with van der Waals surface area (Å²) in [7, 11) is 1.42.